The summed E-state index contributed by atoms with van der Waals surface area (Å²) >= 11 is 6.15. The van der Waals surface area contributed by atoms with Gasteiger partial charge < -0.3 is 5.32 Å². The summed E-state index contributed by atoms with van der Waals surface area (Å²) in [6.07, 6.45) is 1.03. The molecule has 1 N–H and O–H groups in total. The van der Waals surface area contributed by atoms with Gasteiger partial charge >= 0.3 is 0 Å². The number of nitrogens with one attached hydrogen (secondary N) is 1. The van der Waals surface area contributed by atoms with Gasteiger partial charge in [0.2, 0.25) is 0 Å². The van der Waals surface area contributed by atoms with Crippen molar-refractivity contribution in [1.82, 2.24) is 5.32 Å². The zero-order valence-corrected chi connectivity index (χ0v) is 12.3. The molecule has 2 rings (SSSR count). The Hall–Kier alpha value is -1.52. The predicted molar refractivity (Wildman–Crippen MR) is 78.8 cm³/mol. The molecule has 112 valence electrons. The lowest BCUT2D eigenvalue weighted by molar-refractivity contribution is 0.448. The fourth-order valence-electron chi connectivity index (χ4n) is 2.02. The van der Waals surface area contributed by atoms with E-state index in [0.717, 1.165) is 30.7 Å². The first-order chi connectivity index (χ1) is 10.0. The molecule has 21 heavy (non-hydrogen) atoms. The van der Waals surface area contributed by atoms with Crippen LogP contribution >= 0.6 is 11.6 Å². The summed E-state index contributed by atoms with van der Waals surface area (Å²) in [5.41, 5.74) is 1.65. The van der Waals surface area contributed by atoms with Crippen molar-refractivity contribution in [3.63, 3.8) is 0 Å². The number of benzene rings is 2. The number of hydrogen-bond acceptors (Lipinski definition) is 1. The van der Waals surface area contributed by atoms with Gasteiger partial charge in [0.25, 0.3) is 0 Å². The van der Waals surface area contributed by atoms with Gasteiger partial charge in [-0.05, 0) is 42.3 Å². The Bertz CT molecular complexity index is 620. The molecule has 1 nitrogen and oxygen atoms in total. The lowest BCUT2D eigenvalue weighted by Crippen LogP contribution is -2.13. The van der Waals surface area contributed by atoms with Gasteiger partial charge in [-0.3, -0.25) is 0 Å². The largest absolute Gasteiger partial charge is 0.313 e. The third-order valence-corrected chi connectivity index (χ3v) is 3.40. The van der Waals surface area contributed by atoms with E-state index in [4.69, 9.17) is 11.6 Å². The number of rotatable bonds is 5. The normalized spacial score (nSPS) is 10.9. The molecule has 0 aliphatic carbocycles. The van der Waals surface area contributed by atoms with Crippen LogP contribution in [0.25, 0.3) is 11.1 Å². The Kier molecular flexibility index (Phi) is 5.26. The lowest BCUT2D eigenvalue weighted by atomic mass is 10.0. The van der Waals surface area contributed by atoms with Gasteiger partial charge in [-0.1, -0.05) is 30.7 Å². The first-order valence-corrected chi connectivity index (χ1v) is 7.04. The van der Waals surface area contributed by atoms with Crippen molar-refractivity contribution in [2.24, 2.45) is 0 Å². The maximum absolute atomic E-state index is 13.3. The van der Waals surface area contributed by atoms with Crippen molar-refractivity contribution >= 4 is 11.6 Å². The van der Waals surface area contributed by atoms with Crippen LogP contribution in [0.3, 0.4) is 0 Å². The third kappa shape index (κ3) is 3.77. The van der Waals surface area contributed by atoms with E-state index in [2.05, 4.69) is 12.2 Å². The SMILES string of the molecule is CCCNCc1ccc(-c2cc(F)c(F)c(F)c2)c(Cl)c1. The molecule has 0 saturated heterocycles. The summed E-state index contributed by atoms with van der Waals surface area (Å²) in [4.78, 5) is 0. The van der Waals surface area contributed by atoms with Crippen molar-refractivity contribution in [3.05, 3.63) is 58.4 Å². The molecule has 0 unspecified atom stereocenters. The minimum absolute atomic E-state index is 0.212. The molecule has 0 saturated carbocycles. The molecule has 2 aromatic carbocycles. The Labute approximate surface area is 126 Å². The third-order valence-electron chi connectivity index (χ3n) is 3.08. The quantitative estimate of drug-likeness (QED) is 0.610. The van der Waals surface area contributed by atoms with Crippen LogP contribution < -0.4 is 5.32 Å². The zero-order chi connectivity index (χ0) is 15.4. The van der Waals surface area contributed by atoms with E-state index in [1.54, 1.807) is 12.1 Å². The van der Waals surface area contributed by atoms with Crippen LogP contribution in [0, 0.1) is 17.5 Å². The monoisotopic (exact) mass is 313 g/mol. The van der Waals surface area contributed by atoms with Gasteiger partial charge in [0.05, 0.1) is 0 Å². The fourth-order valence-corrected chi connectivity index (χ4v) is 2.34. The first kappa shape index (κ1) is 15.9. The van der Waals surface area contributed by atoms with E-state index >= 15 is 0 Å². The van der Waals surface area contributed by atoms with Gasteiger partial charge in [0, 0.05) is 17.1 Å². The minimum atomic E-state index is -1.48. The van der Waals surface area contributed by atoms with Crippen LogP contribution in [0.5, 0.6) is 0 Å². The second-order valence-corrected chi connectivity index (χ2v) is 5.15. The van der Waals surface area contributed by atoms with E-state index < -0.39 is 17.5 Å². The van der Waals surface area contributed by atoms with Crippen molar-refractivity contribution in [3.8, 4) is 11.1 Å². The molecule has 0 aromatic heterocycles. The van der Waals surface area contributed by atoms with E-state index in [9.17, 15) is 13.2 Å². The Morgan fingerprint density at radius 3 is 2.29 bits per heavy atom. The smallest absolute Gasteiger partial charge is 0.194 e. The number of hydrogen-bond donors (Lipinski definition) is 1. The van der Waals surface area contributed by atoms with Crippen molar-refractivity contribution in [1.29, 1.82) is 0 Å². The number of halogens is 4. The van der Waals surface area contributed by atoms with Crippen LogP contribution in [0.4, 0.5) is 13.2 Å². The van der Waals surface area contributed by atoms with E-state index in [1.165, 1.54) is 0 Å². The second-order valence-electron chi connectivity index (χ2n) is 4.74. The standard InChI is InChI=1S/C16H15ClF3N/c1-2-5-21-9-10-3-4-12(13(17)6-10)11-7-14(18)16(20)15(19)8-11/h3-4,6-8,21H,2,5,9H2,1H3. The molecular weight excluding hydrogens is 299 g/mol. The average molecular weight is 314 g/mol. The lowest BCUT2D eigenvalue weighted by Gasteiger charge is -2.09. The van der Waals surface area contributed by atoms with E-state index in [-0.39, 0.29) is 5.56 Å². The maximum Gasteiger partial charge on any atom is 0.194 e. The van der Waals surface area contributed by atoms with Gasteiger partial charge in [0.1, 0.15) is 0 Å². The predicted octanol–water partition coefficient (Wildman–Crippen LogP) is 4.92. The Morgan fingerprint density at radius 2 is 1.71 bits per heavy atom. The van der Waals surface area contributed by atoms with Crippen LogP contribution in [0.2, 0.25) is 5.02 Å². The topological polar surface area (TPSA) is 12.0 Å². The highest BCUT2D eigenvalue weighted by atomic mass is 35.5. The molecule has 0 amide bonds. The van der Waals surface area contributed by atoms with Crippen molar-refractivity contribution in [2.75, 3.05) is 6.54 Å². The van der Waals surface area contributed by atoms with Crippen molar-refractivity contribution < 1.29 is 13.2 Å². The molecule has 0 atom stereocenters. The Balaban J connectivity index is 2.29. The van der Waals surface area contributed by atoms with Gasteiger partial charge in [0.15, 0.2) is 17.5 Å². The summed E-state index contributed by atoms with van der Waals surface area (Å²) < 4.78 is 39.5. The van der Waals surface area contributed by atoms with Crippen LogP contribution in [0.15, 0.2) is 30.3 Å². The summed E-state index contributed by atoms with van der Waals surface area (Å²) in [7, 11) is 0. The molecular formula is C16H15ClF3N. The molecule has 0 aliphatic rings. The molecule has 0 spiro atoms. The molecule has 0 radical (unpaired) electrons. The summed E-state index contributed by atoms with van der Waals surface area (Å²) in [6.45, 7) is 3.63. The zero-order valence-electron chi connectivity index (χ0n) is 11.5. The minimum Gasteiger partial charge on any atom is -0.313 e. The van der Waals surface area contributed by atoms with Gasteiger partial charge in [-0.15, -0.1) is 0 Å². The highest BCUT2D eigenvalue weighted by Crippen LogP contribution is 2.30. The van der Waals surface area contributed by atoms with Gasteiger partial charge in [-0.2, -0.15) is 0 Å². The summed E-state index contributed by atoms with van der Waals surface area (Å²) in [6, 6.07) is 7.11. The second kappa shape index (κ2) is 6.96. The highest BCUT2D eigenvalue weighted by Gasteiger charge is 2.13. The molecule has 0 fully saturated rings. The average Bonchev–Trinajstić information content (AvgIpc) is 2.45. The first-order valence-electron chi connectivity index (χ1n) is 6.67. The summed E-state index contributed by atoms with van der Waals surface area (Å²) in [5.74, 6) is -3.93. The van der Waals surface area contributed by atoms with E-state index in [1.807, 2.05) is 6.07 Å². The molecule has 5 heteroatoms. The molecule has 0 bridgehead atoms. The Morgan fingerprint density at radius 1 is 1.05 bits per heavy atom. The molecule has 0 heterocycles. The summed E-state index contributed by atoms with van der Waals surface area (Å²) in [5, 5.41) is 3.61. The van der Waals surface area contributed by atoms with Crippen LogP contribution in [-0.2, 0) is 6.54 Å². The van der Waals surface area contributed by atoms with Gasteiger partial charge in [-0.25, -0.2) is 13.2 Å². The molecule has 0 aliphatic heterocycles. The molecule has 2 aromatic rings. The van der Waals surface area contributed by atoms with Crippen LogP contribution in [-0.4, -0.2) is 6.54 Å². The van der Waals surface area contributed by atoms with E-state index in [0.29, 0.717) is 17.1 Å². The van der Waals surface area contributed by atoms with Crippen LogP contribution in [0.1, 0.15) is 18.9 Å². The van der Waals surface area contributed by atoms with Crippen molar-refractivity contribution in [2.45, 2.75) is 19.9 Å². The highest BCUT2D eigenvalue weighted by molar-refractivity contribution is 6.33. The fraction of sp³-hybridized carbons (Fsp3) is 0.250. The maximum atomic E-state index is 13.3.